The predicted molar refractivity (Wildman–Crippen MR) is 77.8 cm³/mol. The number of H-pyrrole nitrogens is 1. The minimum atomic E-state index is -3.66. The van der Waals surface area contributed by atoms with Crippen molar-refractivity contribution in [1.29, 1.82) is 0 Å². The fourth-order valence-corrected chi connectivity index (χ4v) is 3.29. The summed E-state index contributed by atoms with van der Waals surface area (Å²) < 4.78 is 32.3. The van der Waals surface area contributed by atoms with Gasteiger partial charge in [-0.2, -0.15) is 5.10 Å². The highest BCUT2D eigenvalue weighted by atomic mass is 32.2. The number of nitrogens with zero attached hydrogens (tertiary/aromatic N) is 1. The quantitative estimate of drug-likeness (QED) is 0.778. The van der Waals surface area contributed by atoms with Gasteiger partial charge in [0.1, 0.15) is 5.75 Å². The van der Waals surface area contributed by atoms with Crippen LogP contribution in [0.15, 0.2) is 29.2 Å². The normalized spacial score (nSPS) is 14.5. The number of fused-ring (bicyclic) bond motifs is 1. The number of anilines is 1. The zero-order valence-corrected chi connectivity index (χ0v) is 12.3. The molecular formula is C13H16N4O3S. The van der Waals surface area contributed by atoms with E-state index in [0.717, 1.165) is 24.2 Å². The van der Waals surface area contributed by atoms with Crippen LogP contribution < -0.4 is 14.8 Å². The van der Waals surface area contributed by atoms with Crippen LogP contribution in [0.2, 0.25) is 0 Å². The molecule has 112 valence electrons. The van der Waals surface area contributed by atoms with Crippen LogP contribution in [0, 0.1) is 0 Å². The largest absolute Gasteiger partial charge is 0.497 e. The highest BCUT2D eigenvalue weighted by molar-refractivity contribution is 7.92. The smallest absolute Gasteiger partial charge is 0.263 e. The number of rotatable bonds is 4. The monoisotopic (exact) mass is 308 g/mol. The lowest BCUT2D eigenvalue weighted by Gasteiger charge is -2.13. The molecule has 0 spiro atoms. The first kappa shape index (κ1) is 13.9. The number of benzene rings is 1. The maximum Gasteiger partial charge on any atom is 0.263 e. The van der Waals surface area contributed by atoms with Crippen molar-refractivity contribution in [3.63, 3.8) is 0 Å². The van der Waals surface area contributed by atoms with Gasteiger partial charge in [-0.15, -0.1) is 0 Å². The van der Waals surface area contributed by atoms with Gasteiger partial charge in [0.05, 0.1) is 12.0 Å². The van der Waals surface area contributed by atoms with Crippen LogP contribution >= 0.6 is 0 Å². The highest BCUT2D eigenvalue weighted by Crippen LogP contribution is 2.23. The van der Waals surface area contributed by atoms with Crippen molar-refractivity contribution in [3.8, 4) is 5.75 Å². The molecular weight excluding hydrogens is 292 g/mol. The van der Waals surface area contributed by atoms with Crippen LogP contribution in [-0.4, -0.2) is 32.3 Å². The molecule has 2 heterocycles. The Kier molecular flexibility index (Phi) is 3.56. The van der Waals surface area contributed by atoms with Gasteiger partial charge in [-0.3, -0.25) is 9.82 Å². The predicted octanol–water partition coefficient (Wildman–Crippen LogP) is 0.865. The number of hydrogen-bond donors (Lipinski definition) is 3. The molecule has 0 amide bonds. The minimum absolute atomic E-state index is 0.170. The van der Waals surface area contributed by atoms with Crippen molar-refractivity contribution in [3.05, 3.63) is 35.5 Å². The number of nitrogens with one attached hydrogen (secondary N) is 3. The van der Waals surface area contributed by atoms with Crippen LogP contribution in [0.4, 0.5) is 5.82 Å². The summed E-state index contributed by atoms with van der Waals surface area (Å²) in [6, 6.07) is 6.21. The van der Waals surface area contributed by atoms with Gasteiger partial charge in [-0.25, -0.2) is 8.42 Å². The zero-order valence-electron chi connectivity index (χ0n) is 11.5. The molecule has 0 radical (unpaired) electrons. The Morgan fingerprint density at radius 1 is 1.29 bits per heavy atom. The second-order valence-electron chi connectivity index (χ2n) is 4.74. The van der Waals surface area contributed by atoms with Crippen LogP contribution in [0.5, 0.6) is 5.75 Å². The van der Waals surface area contributed by atoms with Crippen LogP contribution in [0.1, 0.15) is 11.3 Å². The fraction of sp³-hybridized carbons (Fsp3) is 0.308. The summed E-state index contributed by atoms with van der Waals surface area (Å²) in [5, 5.41) is 10.1. The molecule has 1 aliphatic heterocycles. The summed E-state index contributed by atoms with van der Waals surface area (Å²) in [7, 11) is -2.13. The van der Waals surface area contributed by atoms with Crippen molar-refractivity contribution in [2.45, 2.75) is 17.9 Å². The first-order valence-electron chi connectivity index (χ1n) is 6.54. The van der Waals surface area contributed by atoms with Gasteiger partial charge in [-0.05, 0) is 24.3 Å². The Morgan fingerprint density at radius 3 is 2.76 bits per heavy atom. The number of aromatic nitrogens is 2. The molecule has 0 aliphatic carbocycles. The number of sulfonamides is 1. The maximum atomic E-state index is 12.4. The van der Waals surface area contributed by atoms with E-state index in [-0.39, 0.29) is 4.90 Å². The van der Waals surface area contributed by atoms with Crippen molar-refractivity contribution in [2.24, 2.45) is 0 Å². The lowest BCUT2D eigenvalue weighted by atomic mass is 10.1. The van der Waals surface area contributed by atoms with Crippen LogP contribution in [0.25, 0.3) is 0 Å². The molecule has 1 aromatic carbocycles. The minimum Gasteiger partial charge on any atom is -0.497 e. The molecule has 0 saturated heterocycles. The number of methoxy groups -OCH3 is 1. The Morgan fingerprint density at radius 2 is 2.05 bits per heavy atom. The molecule has 1 aliphatic rings. The van der Waals surface area contributed by atoms with E-state index >= 15 is 0 Å². The van der Waals surface area contributed by atoms with Gasteiger partial charge in [0.2, 0.25) is 0 Å². The molecule has 0 unspecified atom stereocenters. The second kappa shape index (κ2) is 5.38. The molecule has 8 heteroatoms. The second-order valence-corrected chi connectivity index (χ2v) is 6.42. The molecule has 2 aromatic rings. The lowest BCUT2D eigenvalue weighted by molar-refractivity contribution is 0.414. The summed E-state index contributed by atoms with van der Waals surface area (Å²) in [6.45, 7) is 1.46. The number of ether oxygens (including phenoxy) is 1. The standard InChI is InChI=1S/C13H16N4O3S/c1-20-9-2-4-10(5-3-9)21(18,19)17-13-11-8-14-7-6-12(11)15-16-13/h2-5,14H,6-8H2,1H3,(H2,15,16,17). The molecule has 3 rings (SSSR count). The van der Waals surface area contributed by atoms with Gasteiger partial charge in [0, 0.05) is 30.8 Å². The molecule has 0 bridgehead atoms. The third-order valence-electron chi connectivity index (χ3n) is 3.41. The van der Waals surface area contributed by atoms with Crippen LogP contribution in [0.3, 0.4) is 0 Å². The summed E-state index contributed by atoms with van der Waals surface area (Å²) in [5.74, 6) is 0.961. The van der Waals surface area contributed by atoms with Crippen LogP contribution in [-0.2, 0) is 23.0 Å². The molecule has 7 nitrogen and oxygen atoms in total. The molecule has 21 heavy (non-hydrogen) atoms. The summed E-state index contributed by atoms with van der Waals surface area (Å²) in [6.07, 6.45) is 0.812. The Labute approximate surface area is 122 Å². The van der Waals surface area contributed by atoms with E-state index in [1.807, 2.05) is 0 Å². The number of hydrogen-bond acceptors (Lipinski definition) is 5. The highest BCUT2D eigenvalue weighted by Gasteiger charge is 2.21. The summed E-state index contributed by atoms with van der Waals surface area (Å²) in [4.78, 5) is 0.170. The van der Waals surface area contributed by atoms with Gasteiger partial charge >= 0.3 is 0 Å². The van der Waals surface area contributed by atoms with E-state index in [2.05, 4.69) is 20.2 Å². The lowest BCUT2D eigenvalue weighted by Crippen LogP contribution is -2.24. The summed E-state index contributed by atoms with van der Waals surface area (Å²) >= 11 is 0. The molecule has 0 saturated carbocycles. The first-order chi connectivity index (χ1) is 10.1. The molecule has 0 atom stereocenters. The third kappa shape index (κ3) is 2.72. The number of aromatic amines is 1. The van der Waals surface area contributed by atoms with Crippen molar-refractivity contribution >= 4 is 15.8 Å². The van der Waals surface area contributed by atoms with Gasteiger partial charge in [-0.1, -0.05) is 0 Å². The van der Waals surface area contributed by atoms with E-state index in [1.54, 1.807) is 12.1 Å². The molecule has 0 fully saturated rings. The Balaban J connectivity index is 1.87. The van der Waals surface area contributed by atoms with Gasteiger partial charge in [0.15, 0.2) is 5.82 Å². The average molecular weight is 308 g/mol. The van der Waals surface area contributed by atoms with E-state index in [1.165, 1.54) is 19.2 Å². The zero-order chi connectivity index (χ0) is 14.9. The van der Waals surface area contributed by atoms with E-state index in [9.17, 15) is 8.42 Å². The molecule has 3 N–H and O–H groups in total. The SMILES string of the molecule is COc1ccc(S(=O)(=O)Nc2n[nH]c3c2CNCC3)cc1. The van der Waals surface area contributed by atoms with E-state index in [4.69, 9.17) is 4.74 Å². The summed E-state index contributed by atoms with van der Waals surface area (Å²) in [5.41, 5.74) is 1.85. The third-order valence-corrected chi connectivity index (χ3v) is 4.76. The first-order valence-corrected chi connectivity index (χ1v) is 8.02. The average Bonchev–Trinajstić information content (AvgIpc) is 2.90. The Bertz CT molecular complexity index is 737. The fourth-order valence-electron chi connectivity index (χ4n) is 2.25. The Hall–Kier alpha value is -2.06. The van der Waals surface area contributed by atoms with Gasteiger partial charge < -0.3 is 10.1 Å². The van der Waals surface area contributed by atoms with Crippen molar-refractivity contribution < 1.29 is 13.2 Å². The topological polar surface area (TPSA) is 96.1 Å². The van der Waals surface area contributed by atoms with Crippen molar-refractivity contribution in [2.75, 3.05) is 18.4 Å². The molecule has 1 aromatic heterocycles. The van der Waals surface area contributed by atoms with E-state index < -0.39 is 10.0 Å². The van der Waals surface area contributed by atoms with E-state index in [0.29, 0.717) is 18.1 Å². The van der Waals surface area contributed by atoms with Gasteiger partial charge in [0.25, 0.3) is 10.0 Å². The van der Waals surface area contributed by atoms with Crippen molar-refractivity contribution in [1.82, 2.24) is 15.5 Å². The maximum absolute atomic E-state index is 12.4.